The van der Waals surface area contributed by atoms with Crippen LogP contribution in [-0.4, -0.2) is 12.2 Å². The fourth-order valence-corrected chi connectivity index (χ4v) is 1.70. The van der Waals surface area contributed by atoms with E-state index in [1.165, 1.54) is 10.4 Å². The summed E-state index contributed by atoms with van der Waals surface area (Å²) >= 11 is 4.64. The van der Waals surface area contributed by atoms with Gasteiger partial charge in [-0.1, -0.05) is 30.3 Å². The molecule has 0 heterocycles. The number of nitrogens with two attached hydrogens (primary N) is 1. The van der Waals surface area contributed by atoms with Gasteiger partial charge in [0.25, 0.3) is 0 Å². The van der Waals surface area contributed by atoms with Crippen molar-refractivity contribution in [1.82, 2.24) is 0 Å². The van der Waals surface area contributed by atoms with Crippen molar-refractivity contribution in [1.29, 1.82) is 0 Å². The van der Waals surface area contributed by atoms with Gasteiger partial charge < -0.3 is 15.8 Å². The lowest BCUT2D eigenvalue weighted by molar-refractivity contribution is 0.407. The molecule has 3 rings (SSSR count). The molecule has 0 fully saturated rings. The lowest BCUT2D eigenvalue weighted by Gasteiger charge is -2.08. The first-order valence-electron chi connectivity index (χ1n) is 5.50. The van der Waals surface area contributed by atoms with Crippen LogP contribution in [0.2, 0.25) is 0 Å². The van der Waals surface area contributed by atoms with Gasteiger partial charge in [-0.05, 0) is 35.6 Å². The minimum atomic E-state index is 0.297. The predicted molar refractivity (Wildman–Crippen MR) is 77.5 cm³/mol. The average Bonchev–Trinajstić information content (AvgIpc) is 2.34. The van der Waals surface area contributed by atoms with E-state index in [1.54, 1.807) is 7.11 Å². The van der Waals surface area contributed by atoms with Gasteiger partial charge in [0.1, 0.15) is 5.75 Å². The Morgan fingerprint density at radius 2 is 1.89 bits per heavy atom. The molecular formula is C14H14N2OS. The minimum absolute atomic E-state index is 0.297. The Labute approximate surface area is 111 Å². The topological polar surface area (TPSA) is 47.3 Å². The summed E-state index contributed by atoms with van der Waals surface area (Å²) in [7, 11) is 1.70. The Morgan fingerprint density at radius 3 is 2.22 bits per heavy atom. The molecule has 0 radical (unpaired) electrons. The molecule has 92 valence electrons. The highest BCUT2D eigenvalue weighted by atomic mass is 32.1. The van der Waals surface area contributed by atoms with Crippen LogP contribution in [0.15, 0.2) is 48.5 Å². The normalized spacial score (nSPS) is 9.83. The molecule has 1 aromatic rings. The van der Waals surface area contributed by atoms with E-state index < -0.39 is 0 Å². The number of thiocarbonyl (C=S) groups is 1. The summed E-state index contributed by atoms with van der Waals surface area (Å²) in [4.78, 5) is 0. The maximum atomic E-state index is 5.24. The molecule has 0 aliphatic heterocycles. The van der Waals surface area contributed by atoms with Crippen LogP contribution in [0.3, 0.4) is 0 Å². The van der Waals surface area contributed by atoms with Gasteiger partial charge in [-0.15, -0.1) is 0 Å². The zero-order valence-electron chi connectivity index (χ0n) is 10.0. The number of ether oxygens (including phenoxy) is 1. The zero-order valence-corrected chi connectivity index (χ0v) is 10.8. The van der Waals surface area contributed by atoms with Crippen molar-refractivity contribution in [3.63, 3.8) is 0 Å². The van der Waals surface area contributed by atoms with Crippen molar-refractivity contribution >= 4 is 23.0 Å². The molecule has 0 unspecified atom stereocenters. The summed E-state index contributed by atoms with van der Waals surface area (Å²) in [6.45, 7) is 0. The lowest BCUT2D eigenvalue weighted by atomic mass is 10.1. The number of anilines is 1. The Hall–Kier alpha value is -2.07. The number of hydrogen-bond acceptors (Lipinski definition) is 2. The number of rotatable bonds is 2. The first-order chi connectivity index (χ1) is 8.70. The fourth-order valence-electron chi connectivity index (χ4n) is 1.59. The van der Waals surface area contributed by atoms with Crippen molar-refractivity contribution < 1.29 is 4.74 Å². The Morgan fingerprint density at radius 1 is 1.17 bits per heavy atom. The van der Waals surface area contributed by atoms with Crippen molar-refractivity contribution in [2.24, 2.45) is 5.73 Å². The van der Waals surface area contributed by atoms with Crippen LogP contribution < -0.4 is 15.8 Å². The summed E-state index contributed by atoms with van der Waals surface area (Å²) in [5.74, 6) is 1.03. The number of hydrogen-bond donors (Lipinski definition) is 2. The van der Waals surface area contributed by atoms with Crippen LogP contribution in [0.1, 0.15) is 0 Å². The van der Waals surface area contributed by atoms with E-state index in [0.29, 0.717) is 5.11 Å². The molecule has 0 aromatic heterocycles. The van der Waals surface area contributed by atoms with Gasteiger partial charge in [0.05, 0.1) is 7.11 Å². The highest BCUT2D eigenvalue weighted by Gasteiger charge is 2.03. The number of methoxy groups -OCH3 is 1. The highest BCUT2D eigenvalue weighted by molar-refractivity contribution is 7.80. The van der Waals surface area contributed by atoms with Crippen LogP contribution in [0.4, 0.5) is 5.69 Å². The zero-order chi connectivity index (χ0) is 13.0. The van der Waals surface area contributed by atoms with Gasteiger partial charge in [-0.2, -0.15) is 0 Å². The third-order valence-corrected chi connectivity index (χ3v) is 2.66. The molecule has 0 saturated carbocycles. The van der Waals surface area contributed by atoms with Gasteiger partial charge in [-0.25, -0.2) is 0 Å². The summed E-state index contributed by atoms with van der Waals surface area (Å²) in [6.07, 6.45) is 0. The van der Waals surface area contributed by atoms with E-state index in [4.69, 9.17) is 10.5 Å². The first-order valence-corrected chi connectivity index (χ1v) is 5.91. The Balaban J connectivity index is 0.000000136. The van der Waals surface area contributed by atoms with Gasteiger partial charge >= 0.3 is 0 Å². The van der Waals surface area contributed by atoms with Gasteiger partial charge in [-0.3, -0.25) is 0 Å². The largest absolute Gasteiger partial charge is 0.496 e. The third-order valence-electron chi connectivity index (χ3n) is 2.55. The molecule has 0 spiro atoms. The van der Waals surface area contributed by atoms with Gasteiger partial charge in [0.15, 0.2) is 5.11 Å². The maximum Gasteiger partial charge on any atom is 0.168 e. The maximum absolute atomic E-state index is 5.24. The van der Waals surface area contributed by atoms with Gasteiger partial charge in [0.2, 0.25) is 0 Å². The molecule has 18 heavy (non-hydrogen) atoms. The standard InChI is InChI=1S/C7H8N2S.C7H6O/c8-7(10)9-6-4-2-1-3-5-6;1-8-7-4-5-2-3-6(5)7/h1-5H,(H3,8,9,10);2-4H,1H3. The Kier molecular flexibility index (Phi) is 3.79. The SMILES string of the molecule is COc1cc2ccc1=2.NC(=S)Nc1ccccc1. The van der Waals surface area contributed by atoms with Gasteiger partial charge in [0, 0.05) is 10.9 Å². The van der Waals surface area contributed by atoms with Crippen molar-refractivity contribution in [2.45, 2.75) is 0 Å². The third kappa shape index (κ3) is 2.78. The second-order valence-electron chi connectivity index (χ2n) is 3.77. The fraction of sp³-hybridized carbons (Fsp3) is 0.0714. The second kappa shape index (κ2) is 5.51. The van der Waals surface area contributed by atoms with E-state index in [-0.39, 0.29) is 0 Å². The van der Waals surface area contributed by atoms with Crippen molar-refractivity contribution in [2.75, 3.05) is 12.4 Å². The number of nitrogens with one attached hydrogen (secondary N) is 1. The monoisotopic (exact) mass is 258 g/mol. The summed E-state index contributed by atoms with van der Waals surface area (Å²) in [5, 5.41) is 5.73. The van der Waals surface area contributed by atoms with E-state index in [0.717, 1.165) is 11.4 Å². The van der Waals surface area contributed by atoms with Crippen molar-refractivity contribution in [3.05, 3.63) is 59.0 Å². The van der Waals surface area contributed by atoms with Crippen LogP contribution in [0, 0.1) is 10.4 Å². The predicted octanol–water partition coefficient (Wildman–Crippen LogP) is 2.64. The smallest absolute Gasteiger partial charge is 0.168 e. The van der Waals surface area contributed by atoms with Crippen LogP contribution >= 0.6 is 12.2 Å². The van der Waals surface area contributed by atoms with E-state index in [1.807, 2.05) is 36.4 Å². The van der Waals surface area contributed by atoms with Crippen LogP contribution in [0.25, 0.3) is 0 Å². The number of para-hydroxylation sites is 1. The Bertz CT molecular complexity index is 641. The quantitative estimate of drug-likeness (QED) is 0.694. The lowest BCUT2D eigenvalue weighted by Crippen LogP contribution is -2.18. The summed E-state index contributed by atoms with van der Waals surface area (Å²) in [5.41, 5.74) is 6.17. The van der Waals surface area contributed by atoms with Crippen LogP contribution in [-0.2, 0) is 0 Å². The molecule has 0 bridgehead atoms. The first kappa shape index (κ1) is 12.4. The van der Waals surface area contributed by atoms with Crippen LogP contribution in [0.5, 0.6) is 5.75 Å². The molecule has 0 amide bonds. The second-order valence-corrected chi connectivity index (χ2v) is 4.21. The van der Waals surface area contributed by atoms with Crippen molar-refractivity contribution in [3.8, 4) is 5.75 Å². The minimum Gasteiger partial charge on any atom is -0.496 e. The molecule has 0 atom stereocenters. The van der Waals surface area contributed by atoms with E-state index >= 15 is 0 Å². The molecule has 3 N–H and O–H groups in total. The summed E-state index contributed by atoms with van der Waals surface area (Å²) < 4.78 is 4.97. The molecule has 4 heteroatoms. The molecule has 2 aliphatic carbocycles. The van der Waals surface area contributed by atoms with E-state index in [2.05, 4.69) is 29.7 Å². The molecule has 1 aromatic carbocycles. The molecule has 2 aliphatic rings. The molecule has 3 nitrogen and oxygen atoms in total. The highest BCUT2D eigenvalue weighted by Crippen LogP contribution is 2.22. The summed E-state index contributed by atoms with van der Waals surface area (Å²) in [6, 6.07) is 15.8. The molecule has 0 saturated heterocycles. The molecular weight excluding hydrogens is 244 g/mol. The average molecular weight is 258 g/mol. The van der Waals surface area contributed by atoms with E-state index in [9.17, 15) is 0 Å². The number of benzene rings is 2.